The first kappa shape index (κ1) is 13.8. The fraction of sp³-hybridized carbons (Fsp3) is 0.118. The van der Waals surface area contributed by atoms with Crippen molar-refractivity contribution in [2.24, 2.45) is 0 Å². The van der Waals surface area contributed by atoms with E-state index < -0.39 is 0 Å². The van der Waals surface area contributed by atoms with Crippen LogP contribution >= 0.6 is 11.3 Å². The molecule has 2 aromatic carbocycles. The number of hydrogen-bond donors (Lipinski definition) is 1. The van der Waals surface area contributed by atoms with Crippen LogP contribution < -0.4 is 5.73 Å². The average Bonchev–Trinajstić information content (AvgIpc) is 2.91. The van der Waals surface area contributed by atoms with Crippen molar-refractivity contribution in [3.8, 4) is 21.8 Å². The lowest BCUT2D eigenvalue weighted by Gasteiger charge is -2.06. The normalized spacial score (nSPS) is 10.7. The zero-order valence-corrected chi connectivity index (χ0v) is 12.6. The van der Waals surface area contributed by atoms with Crippen molar-refractivity contribution >= 4 is 16.3 Å². The highest BCUT2D eigenvalue weighted by Crippen LogP contribution is 2.37. The summed E-state index contributed by atoms with van der Waals surface area (Å²) < 4.78 is 5.26. The number of hydrogen-bond acceptors (Lipinski definition) is 4. The fourth-order valence-corrected chi connectivity index (χ4v) is 3.11. The van der Waals surface area contributed by atoms with Crippen molar-refractivity contribution in [3.05, 3.63) is 60.2 Å². The van der Waals surface area contributed by atoms with Crippen molar-refractivity contribution in [1.29, 1.82) is 0 Å². The van der Waals surface area contributed by atoms with Crippen LogP contribution in [0.2, 0.25) is 0 Å². The van der Waals surface area contributed by atoms with Crippen LogP contribution in [0, 0.1) is 0 Å². The lowest BCUT2D eigenvalue weighted by atomic mass is 10.1. The van der Waals surface area contributed by atoms with Gasteiger partial charge in [-0.3, -0.25) is 0 Å². The molecule has 0 atom stereocenters. The standard InChI is InChI=1S/C17H16N2OS/c1-20-11-13-9-5-6-10-14(13)15-16(18)21-17(19-15)12-7-3-2-4-8-12/h2-10H,11,18H2,1H3. The number of thiazole rings is 1. The zero-order chi connectivity index (χ0) is 14.7. The molecule has 106 valence electrons. The van der Waals surface area contributed by atoms with E-state index >= 15 is 0 Å². The Morgan fingerprint density at radius 1 is 1.05 bits per heavy atom. The quantitative estimate of drug-likeness (QED) is 0.784. The summed E-state index contributed by atoms with van der Waals surface area (Å²) in [6.45, 7) is 0.549. The van der Waals surface area contributed by atoms with Gasteiger partial charge in [-0.05, 0) is 5.56 Å². The predicted octanol–water partition coefficient (Wildman–Crippen LogP) is 4.21. The first-order valence-electron chi connectivity index (χ1n) is 6.68. The van der Waals surface area contributed by atoms with Crippen molar-refractivity contribution in [2.75, 3.05) is 12.8 Å². The van der Waals surface area contributed by atoms with E-state index in [2.05, 4.69) is 0 Å². The monoisotopic (exact) mass is 296 g/mol. The first-order chi connectivity index (χ1) is 10.3. The third-order valence-electron chi connectivity index (χ3n) is 3.25. The number of ether oxygens (including phenoxy) is 1. The Bertz CT molecular complexity index is 738. The van der Waals surface area contributed by atoms with Gasteiger partial charge in [-0.25, -0.2) is 4.98 Å². The molecule has 2 N–H and O–H groups in total. The molecule has 0 fully saturated rings. The van der Waals surface area contributed by atoms with Crippen LogP contribution in [0.3, 0.4) is 0 Å². The fourth-order valence-electron chi connectivity index (χ4n) is 2.26. The molecule has 1 aromatic heterocycles. The molecule has 0 aliphatic rings. The highest BCUT2D eigenvalue weighted by molar-refractivity contribution is 7.19. The summed E-state index contributed by atoms with van der Waals surface area (Å²) in [7, 11) is 1.69. The van der Waals surface area contributed by atoms with Crippen LogP contribution in [0.25, 0.3) is 21.8 Å². The van der Waals surface area contributed by atoms with Gasteiger partial charge in [0.05, 0.1) is 6.61 Å². The van der Waals surface area contributed by atoms with E-state index in [0.717, 1.165) is 32.4 Å². The summed E-state index contributed by atoms with van der Waals surface area (Å²) in [5.74, 6) is 0. The summed E-state index contributed by atoms with van der Waals surface area (Å²) in [6.07, 6.45) is 0. The van der Waals surface area contributed by atoms with Gasteiger partial charge >= 0.3 is 0 Å². The first-order valence-corrected chi connectivity index (χ1v) is 7.50. The molecule has 0 saturated heterocycles. The van der Waals surface area contributed by atoms with E-state index in [4.69, 9.17) is 15.5 Å². The van der Waals surface area contributed by atoms with Crippen LogP contribution in [-0.2, 0) is 11.3 Å². The molecule has 0 bridgehead atoms. The van der Waals surface area contributed by atoms with E-state index in [1.54, 1.807) is 7.11 Å². The number of methoxy groups -OCH3 is 1. The molecule has 0 aliphatic carbocycles. The number of rotatable bonds is 4. The van der Waals surface area contributed by atoms with Gasteiger partial charge < -0.3 is 10.5 Å². The Balaban J connectivity index is 2.06. The maximum atomic E-state index is 6.19. The van der Waals surface area contributed by atoms with Crippen LogP contribution in [0.4, 0.5) is 5.00 Å². The Morgan fingerprint density at radius 2 is 1.76 bits per heavy atom. The molecule has 21 heavy (non-hydrogen) atoms. The second-order valence-electron chi connectivity index (χ2n) is 4.69. The highest BCUT2D eigenvalue weighted by atomic mass is 32.1. The summed E-state index contributed by atoms with van der Waals surface area (Å²) in [4.78, 5) is 4.73. The summed E-state index contributed by atoms with van der Waals surface area (Å²) in [5, 5.41) is 1.67. The maximum absolute atomic E-state index is 6.19. The third kappa shape index (κ3) is 2.82. The van der Waals surface area contributed by atoms with E-state index in [1.807, 2.05) is 54.6 Å². The second kappa shape index (κ2) is 6.08. The Labute approximate surface area is 128 Å². The van der Waals surface area contributed by atoms with Crippen LogP contribution in [-0.4, -0.2) is 12.1 Å². The zero-order valence-electron chi connectivity index (χ0n) is 11.7. The molecule has 0 aliphatic heterocycles. The number of nitrogens with zero attached hydrogens (tertiary/aromatic N) is 1. The van der Waals surface area contributed by atoms with Crippen LogP contribution in [0.5, 0.6) is 0 Å². The van der Waals surface area contributed by atoms with Crippen molar-refractivity contribution in [3.63, 3.8) is 0 Å². The Hall–Kier alpha value is -2.17. The lowest BCUT2D eigenvalue weighted by Crippen LogP contribution is -1.94. The molecule has 1 heterocycles. The molecule has 0 radical (unpaired) electrons. The van der Waals surface area contributed by atoms with Gasteiger partial charge in [0.1, 0.15) is 15.7 Å². The predicted molar refractivity (Wildman–Crippen MR) is 88.1 cm³/mol. The molecule has 3 rings (SSSR count). The molecule has 3 nitrogen and oxygen atoms in total. The molecular formula is C17H16N2OS. The molecule has 0 unspecified atom stereocenters. The molecule has 3 aromatic rings. The molecular weight excluding hydrogens is 280 g/mol. The van der Waals surface area contributed by atoms with Gasteiger partial charge in [0.25, 0.3) is 0 Å². The minimum absolute atomic E-state index is 0.549. The summed E-state index contributed by atoms with van der Waals surface area (Å²) >= 11 is 1.51. The number of anilines is 1. The van der Waals surface area contributed by atoms with Crippen molar-refractivity contribution in [1.82, 2.24) is 4.98 Å². The minimum atomic E-state index is 0.549. The molecule has 0 amide bonds. The highest BCUT2D eigenvalue weighted by Gasteiger charge is 2.14. The van der Waals surface area contributed by atoms with Gasteiger partial charge in [0.2, 0.25) is 0 Å². The number of nitrogens with two attached hydrogens (primary N) is 1. The minimum Gasteiger partial charge on any atom is -0.389 e. The van der Waals surface area contributed by atoms with Crippen molar-refractivity contribution < 1.29 is 4.74 Å². The van der Waals surface area contributed by atoms with E-state index in [0.29, 0.717) is 6.61 Å². The Kier molecular flexibility index (Phi) is 3.99. The lowest BCUT2D eigenvalue weighted by molar-refractivity contribution is 0.185. The number of benzene rings is 2. The average molecular weight is 296 g/mol. The summed E-state index contributed by atoms with van der Waals surface area (Å²) in [5.41, 5.74) is 10.2. The van der Waals surface area contributed by atoms with E-state index in [9.17, 15) is 0 Å². The van der Waals surface area contributed by atoms with E-state index in [1.165, 1.54) is 11.3 Å². The number of aromatic nitrogens is 1. The topological polar surface area (TPSA) is 48.1 Å². The molecule has 0 saturated carbocycles. The van der Waals surface area contributed by atoms with Gasteiger partial charge in [-0.1, -0.05) is 65.9 Å². The number of nitrogen functional groups attached to an aromatic ring is 1. The van der Waals surface area contributed by atoms with Gasteiger partial charge in [0.15, 0.2) is 0 Å². The van der Waals surface area contributed by atoms with Gasteiger partial charge in [0, 0.05) is 18.2 Å². The van der Waals surface area contributed by atoms with Crippen LogP contribution in [0.15, 0.2) is 54.6 Å². The Morgan fingerprint density at radius 3 is 2.52 bits per heavy atom. The second-order valence-corrected chi connectivity index (χ2v) is 5.72. The van der Waals surface area contributed by atoms with Crippen molar-refractivity contribution in [2.45, 2.75) is 6.61 Å². The smallest absolute Gasteiger partial charge is 0.126 e. The van der Waals surface area contributed by atoms with Gasteiger partial charge in [-0.15, -0.1) is 0 Å². The third-order valence-corrected chi connectivity index (χ3v) is 4.18. The van der Waals surface area contributed by atoms with Gasteiger partial charge in [-0.2, -0.15) is 0 Å². The molecule has 0 spiro atoms. The largest absolute Gasteiger partial charge is 0.389 e. The molecule has 4 heteroatoms. The summed E-state index contributed by atoms with van der Waals surface area (Å²) in [6, 6.07) is 18.2. The van der Waals surface area contributed by atoms with E-state index in [-0.39, 0.29) is 0 Å². The van der Waals surface area contributed by atoms with Crippen LogP contribution in [0.1, 0.15) is 5.56 Å². The maximum Gasteiger partial charge on any atom is 0.126 e. The SMILES string of the molecule is COCc1ccccc1-c1nc(-c2ccccc2)sc1N.